The zero-order valence-electron chi connectivity index (χ0n) is 22.2. The van der Waals surface area contributed by atoms with Crippen molar-refractivity contribution < 1.29 is 9.53 Å². The molecule has 2 aliphatic heterocycles. The van der Waals surface area contributed by atoms with Crippen molar-refractivity contribution in [1.82, 2.24) is 9.88 Å². The molecule has 1 amide bonds. The number of nitrogens with zero attached hydrogens (tertiary/aromatic N) is 2. The normalized spacial score (nSPS) is 15.8. The molecule has 6 nitrogen and oxygen atoms in total. The molecule has 0 radical (unpaired) electrons. The van der Waals surface area contributed by atoms with E-state index in [9.17, 15) is 4.79 Å². The van der Waals surface area contributed by atoms with Gasteiger partial charge in [-0.1, -0.05) is 42.5 Å². The third-order valence-corrected chi connectivity index (χ3v) is 7.96. The van der Waals surface area contributed by atoms with Crippen LogP contribution in [-0.2, 0) is 19.5 Å². The number of aromatic nitrogens is 1. The van der Waals surface area contributed by atoms with E-state index >= 15 is 0 Å². The lowest BCUT2D eigenvalue weighted by Crippen LogP contribution is -2.34. The molecule has 0 saturated carbocycles. The second-order valence-electron chi connectivity index (χ2n) is 10.4. The third-order valence-electron chi connectivity index (χ3n) is 7.80. The first-order valence-electron chi connectivity index (χ1n) is 14.0. The molecule has 0 unspecified atom stereocenters. The number of rotatable bonds is 8. The summed E-state index contributed by atoms with van der Waals surface area (Å²) in [5.74, 6) is 1.26. The molecule has 3 heterocycles. The van der Waals surface area contributed by atoms with Crippen LogP contribution in [0.3, 0.4) is 0 Å². The molecule has 3 aromatic carbocycles. The van der Waals surface area contributed by atoms with Crippen molar-refractivity contribution >= 4 is 39.8 Å². The van der Waals surface area contributed by atoms with E-state index in [1.54, 1.807) is 0 Å². The fourth-order valence-electron chi connectivity index (χ4n) is 5.91. The fraction of sp³-hybridized carbons (Fsp3) is 0.344. The average molecular weight is 543 g/mol. The largest absolute Gasteiger partial charge is 0.490 e. The number of para-hydroxylation sites is 2. The summed E-state index contributed by atoms with van der Waals surface area (Å²) in [7, 11) is 0. The maximum Gasteiger partial charge on any atom is 0.272 e. The van der Waals surface area contributed by atoms with E-state index in [-0.39, 0.29) is 5.91 Å². The Morgan fingerprint density at radius 1 is 1.03 bits per heavy atom. The van der Waals surface area contributed by atoms with E-state index in [0.717, 1.165) is 79.9 Å². The molecule has 6 rings (SSSR count). The summed E-state index contributed by atoms with van der Waals surface area (Å²) in [5, 5.41) is 7.67. The van der Waals surface area contributed by atoms with Gasteiger partial charge in [-0.2, -0.15) is 0 Å². The van der Waals surface area contributed by atoms with Crippen LogP contribution in [-0.4, -0.2) is 42.1 Å². The maximum absolute atomic E-state index is 13.6. The number of carbonyl (C=O) groups excluding carboxylic acids is 1. The highest BCUT2D eigenvalue weighted by Crippen LogP contribution is 2.36. The van der Waals surface area contributed by atoms with Crippen LogP contribution in [0.1, 0.15) is 40.9 Å². The molecule has 4 aromatic rings. The molecule has 1 saturated heterocycles. The van der Waals surface area contributed by atoms with Gasteiger partial charge in [0.15, 0.2) is 0 Å². The van der Waals surface area contributed by atoms with E-state index in [4.69, 9.17) is 16.3 Å². The van der Waals surface area contributed by atoms with Gasteiger partial charge in [-0.15, -0.1) is 11.6 Å². The highest BCUT2D eigenvalue weighted by atomic mass is 35.5. The highest BCUT2D eigenvalue weighted by Gasteiger charge is 2.23. The predicted octanol–water partition coefficient (Wildman–Crippen LogP) is 6.22. The first-order chi connectivity index (χ1) is 19.2. The van der Waals surface area contributed by atoms with Crippen molar-refractivity contribution in [2.75, 3.05) is 35.7 Å². The average Bonchev–Trinajstić information content (AvgIpc) is 3.34. The van der Waals surface area contributed by atoms with Crippen molar-refractivity contribution in [2.45, 2.75) is 44.9 Å². The summed E-state index contributed by atoms with van der Waals surface area (Å²) in [6.07, 6.45) is 4.48. The molecule has 0 aliphatic carbocycles. The Kier molecular flexibility index (Phi) is 7.75. The number of aryl methyl sites for hydroxylation is 2. The van der Waals surface area contributed by atoms with Crippen molar-refractivity contribution in [1.29, 1.82) is 0 Å². The van der Waals surface area contributed by atoms with Crippen LogP contribution in [0.15, 0.2) is 72.8 Å². The van der Waals surface area contributed by atoms with Gasteiger partial charge in [0.25, 0.3) is 5.91 Å². The predicted molar refractivity (Wildman–Crippen MR) is 159 cm³/mol. The van der Waals surface area contributed by atoms with E-state index in [0.29, 0.717) is 24.2 Å². The Labute approximate surface area is 234 Å². The minimum atomic E-state index is -0.116. The third kappa shape index (κ3) is 5.63. The number of hydrogen-bond acceptors (Lipinski definition) is 4. The van der Waals surface area contributed by atoms with E-state index in [2.05, 4.69) is 45.9 Å². The number of fused-ring (bicyclic) bond motifs is 2. The van der Waals surface area contributed by atoms with Crippen LogP contribution in [0.5, 0.6) is 5.75 Å². The molecule has 202 valence electrons. The second kappa shape index (κ2) is 11.7. The Bertz CT molecular complexity index is 1440. The Balaban J connectivity index is 1.22. The Hall–Kier alpha value is -3.48. The van der Waals surface area contributed by atoms with Crippen molar-refractivity contribution in [3.05, 3.63) is 89.6 Å². The minimum absolute atomic E-state index is 0.116. The van der Waals surface area contributed by atoms with Gasteiger partial charge in [0.1, 0.15) is 17.5 Å². The van der Waals surface area contributed by atoms with Gasteiger partial charge in [-0.25, -0.2) is 0 Å². The molecular weight excluding hydrogens is 508 g/mol. The van der Waals surface area contributed by atoms with Gasteiger partial charge >= 0.3 is 0 Å². The van der Waals surface area contributed by atoms with Crippen molar-refractivity contribution in [2.24, 2.45) is 0 Å². The molecule has 0 bridgehead atoms. The molecule has 39 heavy (non-hydrogen) atoms. The Morgan fingerprint density at radius 3 is 2.67 bits per heavy atom. The monoisotopic (exact) mass is 542 g/mol. The number of anilines is 2. The summed E-state index contributed by atoms with van der Waals surface area (Å²) < 4.78 is 8.21. The molecule has 1 aromatic heterocycles. The summed E-state index contributed by atoms with van der Waals surface area (Å²) in [5.41, 5.74) is 6.11. The van der Waals surface area contributed by atoms with Crippen LogP contribution in [0.25, 0.3) is 10.9 Å². The first kappa shape index (κ1) is 25.8. The topological polar surface area (TPSA) is 58.5 Å². The quantitative estimate of drug-likeness (QED) is 0.260. The van der Waals surface area contributed by atoms with E-state index < -0.39 is 0 Å². The van der Waals surface area contributed by atoms with Gasteiger partial charge < -0.3 is 24.8 Å². The van der Waals surface area contributed by atoms with Crippen LogP contribution < -0.4 is 20.3 Å². The van der Waals surface area contributed by atoms with Crippen LogP contribution in [0.4, 0.5) is 11.4 Å². The zero-order valence-corrected chi connectivity index (χ0v) is 22.9. The summed E-state index contributed by atoms with van der Waals surface area (Å²) in [4.78, 5) is 16.0. The second-order valence-corrected chi connectivity index (χ2v) is 10.8. The summed E-state index contributed by atoms with van der Waals surface area (Å²) in [6, 6.07) is 24.7. The first-order valence-corrected chi connectivity index (χ1v) is 14.5. The molecule has 1 fully saturated rings. The van der Waals surface area contributed by atoms with Gasteiger partial charge in [-0.05, 0) is 80.2 Å². The summed E-state index contributed by atoms with van der Waals surface area (Å²) >= 11 is 6.11. The number of ether oxygens (including phenoxy) is 1. The highest BCUT2D eigenvalue weighted by molar-refractivity contribution is 6.18. The molecule has 0 spiro atoms. The van der Waals surface area contributed by atoms with Crippen LogP contribution >= 0.6 is 11.6 Å². The van der Waals surface area contributed by atoms with Gasteiger partial charge in [0, 0.05) is 36.4 Å². The smallest absolute Gasteiger partial charge is 0.272 e. The number of hydrogen-bond donors (Lipinski definition) is 2. The van der Waals surface area contributed by atoms with E-state index in [1.165, 1.54) is 11.1 Å². The number of nitrogens with one attached hydrogen (secondary N) is 2. The molecule has 2 N–H and O–H groups in total. The van der Waals surface area contributed by atoms with Crippen LogP contribution in [0.2, 0.25) is 0 Å². The molecule has 0 atom stereocenters. The lowest BCUT2D eigenvalue weighted by atomic mass is 9.99. The van der Waals surface area contributed by atoms with Crippen molar-refractivity contribution in [3.63, 3.8) is 0 Å². The van der Waals surface area contributed by atoms with Gasteiger partial charge in [0.2, 0.25) is 0 Å². The zero-order chi connectivity index (χ0) is 26.6. The number of carbonyl (C=O) groups is 1. The van der Waals surface area contributed by atoms with Crippen LogP contribution in [0, 0.1) is 0 Å². The number of benzene rings is 3. The Morgan fingerprint density at radius 2 is 1.85 bits per heavy atom. The number of halogens is 1. The molecule has 2 aliphatic rings. The maximum atomic E-state index is 13.6. The van der Waals surface area contributed by atoms with Crippen molar-refractivity contribution in [3.8, 4) is 5.75 Å². The molecule has 7 heteroatoms. The summed E-state index contributed by atoms with van der Waals surface area (Å²) in [6.45, 7) is 4.34. The SMILES string of the molecule is O=C(Nc1cccc2c1N(Cc1ccc(OC3CCNCC3)cc1)CCC2)c1cc2ccccc2n1CCCl. The van der Waals surface area contributed by atoms with Gasteiger partial charge in [0.05, 0.1) is 11.4 Å². The lowest BCUT2D eigenvalue weighted by molar-refractivity contribution is 0.101. The molecular formula is C32H35ClN4O2. The van der Waals surface area contributed by atoms with Gasteiger partial charge in [-0.3, -0.25) is 4.79 Å². The fourth-order valence-corrected chi connectivity index (χ4v) is 6.08. The van der Waals surface area contributed by atoms with E-state index in [1.807, 2.05) is 47.0 Å². The number of amides is 1. The number of alkyl halides is 1. The number of piperidine rings is 1. The standard InChI is InChI=1S/C32H35ClN4O2/c33-16-20-37-29-9-2-1-5-25(29)21-30(37)32(38)35-28-8-3-6-24-7-4-19-36(31(24)28)22-23-10-12-26(13-11-23)39-27-14-17-34-18-15-27/h1-3,5-6,8-13,21,27,34H,4,7,14-20,22H2,(H,35,38). The minimum Gasteiger partial charge on any atom is -0.490 e. The lowest BCUT2D eigenvalue weighted by Gasteiger charge is -2.33.